The molecule has 1 aromatic rings. The molecule has 1 N–H and O–H groups in total. The van der Waals surface area contributed by atoms with Crippen LogP contribution in [-0.2, 0) is 6.42 Å². The van der Waals surface area contributed by atoms with E-state index in [1.807, 2.05) is 0 Å². The zero-order valence-corrected chi connectivity index (χ0v) is 10.7. The lowest BCUT2D eigenvalue weighted by atomic mass is 10.2. The summed E-state index contributed by atoms with van der Waals surface area (Å²) in [5.74, 6) is 0.998. The van der Waals surface area contributed by atoms with E-state index < -0.39 is 0 Å². The van der Waals surface area contributed by atoms with Crippen LogP contribution in [0.5, 0.6) is 5.75 Å². The molecule has 0 aliphatic heterocycles. The fraction of sp³-hybridized carbons (Fsp3) is 0.600. The van der Waals surface area contributed by atoms with Crippen molar-refractivity contribution in [2.24, 2.45) is 0 Å². The van der Waals surface area contributed by atoms with Crippen molar-refractivity contribution in [1.29, 1.82) is 0 Å². The number of ether oxygens (including phenoxy) is 1. The van der Waals surface area contributed by atoms with Crippen LogP contribution >= 0.6 is 0 Å². The summed E-state index contributed by atoms with van der Waals surface area (Å²) in [6.45, 7) is 4.14. The van der Waals surface area contributed by atoms with Crippen molar-refractivity contribution in [3.63, 3.8) is 0 Å². The van der Waals surface area contributed by atoms with E-state index >= 15 is 0 Å². The molecule has 0 spiro atoms. The number of nitrogens with one attached hydrogen (secondary N) is 1. The number of rotatable bonds is 8. The van der Waals surface area contributed by atoms with Gasteiger partial charge in [0.05, 0.1) is 6.61 Å². The summed E-state index contributed by atoms with van der Waals surface area (Å²) >= 11 is 0. The summed E-state index contributed by atoms with van der Waals surface area (Å²) < 4.78 is 5.70. The number of hydrogen-bond donors (Lipinski definition) is 1. The van der Waals surface area contributed by atoms with Gasteiger partial charge in [0.25, 0.3) is 0 Å². The number of aryl methyl sites for hydroxylation is 1. The predicted molar refractivity (Wildman–Crippen MR) is 71.6 cm³/mol. The zero-order valence-electron chi connectivity index (χ0n) is 10.7. The second kappa shape index (κ2) is 6.65. The maximum atomic E-state index is 5.70. The Morgan fingerprint density at radius 1 is 1.18 bits per heavy atom. The van der Waals surface area contributed by atoms with Gasteiger partial charge in [0.15, 0.2) is 0 Å². The van der Waals surface area contributed by atoms with Crippen LogP contribution in [0.25, 0.3) is 0 Å². The van der Waals surface area contributed by atoms with E-state index in [-0.39, 0.29) is 0 Å². The van der Waals surface area contributed by atoms with Crippen LogP contribution in [0.2, 0.25) is 0 Å². The molecule has 0 saturated heterocycles. The lowest BCUT2D eigenvalue weighted by Gasteiger charge is -2.07. The highest BCUT2D eigenvalue weighted by atomic mass is 16.5. The summed E-state index contributed by atoms with van der Waals surface area (Å²) in [4.78, 5) is 0. The third-order valence-electron chi connectivity index (χ3n) is 3.18. The minimum absolute atomic E-state index is 0.831. The lowest BCUT2D eigenvalue weighted by molar-refractivity contribution is 0.305. The van der Waals surface area contributed by atoms with Crippen LogP contribution in [0.1, 0.15) is 38.2 Å². The van der Waals surface area contributed by atoms with Crippen molar-refractivity contribution >= 4 is 0 Å². The normalized spacial score (nSPS) is 14.9. The average Bonchev–Trinajstić information content (AvgIpc) is 3.18. The highest BCUT2D eigenvalue weighted by molar-refractivity contribution is 5.27. The van der Waals surface area contributed by atoms with Gasteiger partial charge in [0.1, 0.15) is 5.75 Å². The van der Waals surface area contributed by atoms with Gasteiger partial charge >= 0.3 is 0 Å². The summed E-state index contributed by atoms with van der Waals surface area (Å²) in [6, 6.07) is 9.26. The predicted octanol–water partition coefficient (Wildman–Crippen LogP) is 3.16. The Morgan fingerprint density at radius 3 is 2.59 bits per heavy atom. The van der Waals surface area contributed by atoms with Crippen molar-refractivity contribution in [3.05, 3.63) is 29.8 Å². The Hall–Kier alpha value is -1.02. The molecule has 0 amide bonds. The van der Waals surface area contributed by atoms with E-state index in [1.165, 1.54) is 24.8 Å². The van der Waals surface area contributed by atoms with E-state index in [1.54, 1.807) is 0 Å². The molecule has 2 nitrogen and oxygen atoms in total. The Morgan fingerprint density at radius 2 is 1.94 bits per heavy atom. The third kappa shape index (κ3) is 4.78. The Balaban J connectivity index is 1.53. The average molecular weight is 233 g/mol. The zero-order chi connectivity index (χ0) is 11.9. The molecule has 0 atom stereocenters. The molecule has 0 bridgehead atoms. The highest BCUT2D eigenvalue weighted by Gasteiger charge is 2.19. The van der Waals surface area contributed by atoms with Gasteiger partial charge in [-0.15, -0.1) is 0 Å². The molecule has 0 heterocycles. The first-order valence-corrected chi connectivity index (χ1v) is 6.83. The second-order valence-corrected chi connectivity index (χ2v) is 4.78. The molecule has 94 valence electrons. The molecule has 2 rings (SSSR count). The number of unbranched alkanes of at least 4 members (excludes halogenated alkanes) is 1. The van der Waals surface area contributed by atoms with Crippen molar-refractivity contribution in [3.8, 4) is 5.75 Å². The fourth-order valence-electron chi connectivity index (χ4n) is 1.83. The first kappa shape index (κ1) is 12.4. The Labute approximate surface area is 104 Å². The fourth-order valence-corrected chi connectivity index (χ4v) is 1.83. The van der Waals surface area contributed by atoms with Crippen LogP contribution in [0.3, 0.4) is 0 Å². The Bertz CT molecular complexity index is 316. The topological polar surface area (TPSA) is 21.3 Å². The standard InChI is InChI=1S/C15H23NO/c1-2-13-5-9-15(10-6-13)17-12-4-3-11-16-14-7-8-14/h5-6,9-10,14,16H,2-4,7-8,11-12H2,1H3. The maximum absolute atomic E-state index is 5.70. The molecule has 2 heteroatoms. The lowest BCUT2D eigenvalue weighted by Crippen LogP contribution is -2.17. The van der Waals surface area contributed by atoms with Crippen LogP contribution in [0, 0.1) is 0 Å². The van der Waals surface area contributed by atoms with E-state index in [2.05, 4.69) is 36.5 Å². The first-order chi connectivity index (χ1) is 8.38. The minimum Gasteiger partial charge on any atom is -0.494 e. The van der Waals surface area contributed by atoms with Crippen LogP contribution in [0.4, 0.5) is 0 Å². The molecule has 17 heavy (non-hydrogen) atoms. The largest absolute Gasteiger partial charge is 0.494 e. The number of hydrogen-bond acceptors (Lipinski definition) is 2. The molecule has 0 aromatic heterocycles. The van der Waals surface area contributed by atoms with Crippen molar-refractivity contribution in [2.75, 3.05) is 13.2 Å². The van der Waals surface area contributed by atoms with Crippen LogP contribution in [0.15, 0.2) is 24.3 Å². The van der Waals surface area contributed by atoms with Gasteiger partial charge in [0.2, 0.25) is 0 Å². The van der Waals surface area contributed by atoms with Gasteiger partial charge in [-0.3, -0.25) is 0 Å². The van der Waals surface area contributed by atoms with E-state index in [4.69, 9.17) is 4.74 Å². The van der Waals surface area contributed by atoms with Crippen molar-refractivity contribution < 1.29 is 4.74 Å². The van der Waals surface area contributed by atoms with Gasteiger partial charge < -0.3 is 10.1 Å². The van der Waals surface area contributed by atoms with E-state index in [0.717, 1.165) is 37.8 Å². The van der Waals surface area contributed by atoms with Gasteiger partial charge in [0, 0.05) is 6.04 Å². The maximum Gasteiger partial charge on any atom is 0.119 e. The van der Waals surface area contributed by atoms with Crippen LogP contribution < -0.4 is 10.1 Å². The number of benzene rings is 1. The molecule has 1 saturated carbocycles. The molecule has 1 aliphatic carbocycles. The quantitative estimate of drug-likeness (QED) is 0.696. The third-order valence-corrected chi connectivity index (χ3v) is 3.18. The summed E-state index contributed by atoms with van der Waals surface area (Å²) in [6.07, 6.45) is 6.19. The molecule has 0 unspecified atom stereocenters. The smallest absolute Gasteiger partial charge is 0.119 e. The van der Waals surface area contributed by atoms with Crippen molar-refractivity contribution in [2.45, 2.75) is 45.1 Å². The molecule has 1 aliphatic rings. The molecule has 1 aromatic carbocycles. The van der Waals surface area contributed by atoms with Gasteiger partial charge in [-0.1, -0.05) is 19.1 Å². The summed E-state index contributed by atoms with van der Waals surface area (Å²) in [5, 5.41) is 3.51. The summed E-state index contributed by atoms with van der Waals surface area (Å²) in [7, 11) is 0. The van der Waals surface area contributed by atoms with Crippen molar-refractivity contribution in [1.82, 2.24) is 5.32 Å². The monoisotopic (exact) mass is 233 g/mol. The summed E-state index contributed by atoms with van der Waals surface area (Å²) in [5.41, 5.74) is 1.37. The molecule has 1 fully saturated rings. The van der Waals surface area contributed by atoms with Gasteiger partial charge in [-0.25, -0.2) is 0 Å². The highest BCUT2D eigenvalue weighted by Crippen LogP contribution is 2.18. The Kier molecular flexibility index (Phi) is 4.87. The second-order valence-electron chi connectivity index (χ2n) is 4.78. The van der Waals surface area contributed by atoms with Crippen LogP contribution in [-0.4, -0.2) is 19.2 Å². The first-order valence-electron chi connectivity index (χ1n) is 6.83. The minimum atomic E-state index is 0.831. The molecule has 0 radical (unpaired) electrons. The SMILES string of the molecule is CCc1ccc(OCCCCNC2CC2)cc1. The van der Waals surface area contributed by atoms with E-state index in [0.29, 0.717) is 0 Å². The van der Waals surface area contributed by atoms with E-state index in [9.17, 15) is 0 Å². The van der Waals surface area contributed by atoms with Gasteiger partial charge in [-0.05, 0) is 56.3 Å². The molecular formula is C15H23NO. The molecular weight excluding hydrogens is 210 g/mol. The van der Waals surface area contributed by atoms with Gasteiger partial charge in [-0.2, -0.15) is 0 Å².